The average Bonchev–Trinajstić information content (AvgIpc) is 3.22. The van der Waals surface area contributed by atoms with Crippen molar-refractivity contribution in [2.75, 3.05) is 40.0 Å². The molecule has 1 aliphatic rings. The van der Waals surface area contributed by atoms with Gasteiger partial charge in [0.05, 0.1) is 13.2 Å². The molecule has 0 bridgehead atoms. The van der Waals surface area contributed by atoms with Crippen LogP contribution in [0.5, 0.6) is 0 Å². The fraction of sp³-hybridized carbons (Fsp3) is 0.750. The van der Waals surface area contributed by atoms with Gasteiger partial charge in [0.25, 0.3) is 0 Å². The molecule has 2 heterocycles. The second-order valence-corrected chi connectivity index (χ2v) is 6.19. The number of halogens is 4. The van der Waals surface area contributed by atoms with Gasteiger partial charge in [-0.05, 0) is 12.8 Å². The molecule has 2 N–H and O–H groups in total. The SMILES string of the molecule is CN=C(NCCCOCC1CCOC1)NCc1cn(C)nc1C(F)(F)F.I. The topological polar surface area (TPSA) is 72.7 Å². The molecular formula is C16H27F3IN5O2. The van der Waals surface area contributed by atoms with Crippen LogP contribution in [0.15, 0.2) is 11.2 Å². The van der Waals surface area contributed by atoms with Crippen LogP contribution in [0.25, 0.3) is 0 Å². The highest BCUT2D eigenvalue weighted by molar-refractivity contribution is 14.0. The number of alkyl halides is 3. The Morgan fingerprint density at radius 2 is 2.22 bits per heavy atom. The summed E-state index contributed by atoms with van der Waals surface area (Å²) in [5, 5.41) is 9.41. The zero-order valence-electron chi connectivity index (χ0n) is 15.5. The van der Waals surface area contributed by atoms with E-state index in [4.69, 9.17) is 9.47 Å². The van der Waals surface area contributed by atoms with Crippen LogP contribution in [0.4, 0.5) is 13.2 Å². The van der Waals surface area contributed by atoms with E-state index in [2.05, 4.69) is 20.7 Å². The lowest BCUT2D eigenvalue weighted by atomic mass is 10.1. The summed E-state index contributed by atoms with van der Waals surface area (Å²) in [5.41, 5.74) is -0.808. The Labute approximate surface area is 174 Å². The van der Waals surface area contributed by atoms with Gasteiger partial charge < -0.3 is 20.1 Å². The predicted molar refractivity (Wildman–Crippen MR) is 106 cm³/mol. The Morgan fingerprint density at radius 1 is 1.44 bits per heavy atom. The van der Waals surface area contributed by atoms with Gasteiger partial charge in [0, 0.05) is 58.1 Å². The van der Waals surface area contributed by atoms with Crippen LogP contribution in [-0.4, -0.2) is 55.8 Å². The van der Waals surface area contributed by atoms with Gasteiger partial charge in [-0.1, -0.05) is 0 Å². The van der Waals surface area contributed by atoms with Crippen LogP contribution in [0.2, 0.25) is 0 Å². The van der Waals surface area contributed by atoms with Crippen molar-refractivity contribution in [3.8, 4) is 0 Å². The van der Waals surface area contributed by atoms with E-state index in [1.807, 2.05) is 0 Å². The lowest BCUT2D eigenvalue weighted by Crippen LogP contribution is -2.37. The van der Waals surface area contributed by atoms with Crippen molar-refractivity contribution < 1.29 is 22.6 Å². The molecule has 2 rings (SSSR count). The molecule has 1 aromatic heterocycles. The lowest BCUT2D eigenvalue weighted by Gasteiger charge is -2.13. The van der Waals surface area contributed by atoms with Crippen molar-refractivity contribution in [1.82, 2.24) is 20.4 Å². The Kier molecular flexibility index (Phi) is 10.4. The quantitative estimate of drug-likeness (QED) is 0.245. The molecule has 11 heteroatoms. The highest BCUT2D eigenvalue weighted by Gasteiger charge is 2.36. The van der Waals surface area contributed by atoms with Crippen molar-refractivity contribution >= 4 is 29.9 Å². The number of hydrogen-bond acceptors (Lipinski definition) is 4. The number of nitrogens with one attached hydrogen (secondary N) is 2. The molecule has 156 valence electrons. The second-order valence-electron chi connectivity index (χ2n) is 6.19. The summed E-state index contributed by atoms with van der Waals surface area (Å²) in [7, 11) is 3.03. The van der Waals surface area contributed by atoms with E-state index < -0.39 is 11.9 Å². The number of aromatic nitrogens is 2. The second kappa shape index (κ2) is 11.7. The highest BCUT2D eigenvalue weighted by Crippen LogP contribution is 2.30. The number of guanidine groups is 1. The largest absolute Gasteiger partial charge is 0.435 e. The first-order chi connectivity index (χ1) is 12.4. The number of rotatable bonds is 8. The van der Waals surface area contributed by atoms with E-state index in [1.165, 1.54) is 13.2 Å². The van der Waals surface area contributed by atoms with Crippen LogP contribution < -0.4 is 10.6 Å². The Bertz CT molecular complexity index is 589. The molecule has 0 aliphatic carbocycles. The summed E-state index contributed by atoms with van der Waals surface area (Å²) in [6.07, 6.45) is -1.31. The molecule has 1 unspecified atom stereocenters. The van der Waals surface area contributed by atoms with Crippen LogP contribution in [0.1, 0.15) is 24.1 Å². The molecule has 0 radical (unpaired) electrons. The van der Waals surface area contributed by atoms with Crippen molar-refractivity contribution in [3.05, 3.63) is 17.5 Å². The van der Waals surface area contributed by atoms with Gasteiger partial charge in [-0.15, -0.1) is 24.0 Å². The fourth-order valence-corrected chi connectivity index (χ4v) is 2.65. The van der Waals surface area contributed by atoms with Crippen molar-refractivity contribution in [1.29, 1.82) is 0 Å². The van der Waals surface area contributed by atoms with E-state index in [0.717, 1.165) is 30.7 Å². The minimum atomic E-state index is -4.48. The van der Waals surface area contributed by atoms with E-state index in [1.54, 1.807) is 7.05 Å². The lowest BCUT2D eigenvalue weighted by molar-refractivity contribution is -0.142. The highest BCUT2D eigenvalue weighted by atomic mass is 127. The van der Waals surface area contributed by atoms with Crippen LogP contribution in [-0.2, 0) is 29.2 Å². The third-order valence-corrected chi connectivity index (χ3v) is 3.98. The number of hydrogen-bond donors (Lipinski definition) is 2. The summed E-state index contributed by atoms with van der Waals surface area (Å²) in [4.78, 5) is 4.01. The Hall–Kier alpha value is -1.08. The molecule has 7 nitrogen and oxygen atoms in total. The van der Waals surface area contributed by atoms with Gasteiger partial charge >= 0.3 is 6.18 Å². The van der Waals surface area contributed by atoms with Crippen LogP contribution in [0.3, 0.4) is 0 Å². The van der Waals surface area contributed by atoms with Gasteiger partial charge in [-0.3, -0.25) is 9.67 Å². The first-order valence-corrected chi connectivity index (χ1v) is 8.60. The van der Waals surface area contributed by atoms with Gasteiger partial charge in [0.1, 0.15) is 0 Å². The molecule has 1 aliphatic heterocycles. The van der Waals surface area contributed by atoms with Crippen molar-refractivity contribution in [2.24, 2.45) is 18.0 Å². The summed E-state index contributed by atoms with van der Waals surface area (Å²) in [6.45, 7) is 3.49. The Balaban J connectivity index is 0.00000364. The zero-order valence-corrected chi connectivity index (χ0v) is 17.8. The zero-order chi connectivity index (χ0) is 19.0. The number of ether oxygens (including phenoxy) is 2. The van der Waals surface area contributed by atoms with Crippen molar-refractivity contribution in [3.63, 3.8) is 0 Å². The molecule has 1 saturated heterocycles. The van der Waals surface area contributed by atoms with Crippen molar-refractivity contribution in [2.45, 2.75) is 25.6 Å². The standard InChI is InChI=1S/C16H26F3N5O2.HI/c1-20-15(21-5-3-6-25-10-12-4-7-26-11-12)22-8-13-9-24(2)23-14(13)16(17,18)19;/h9,12H,3-8,10-11H2,1-2H3,(H2,20,21,22);1H. The minimum absolute atomic E-state index is 0. The smallest absolute Gasteiger partial charge is 0.381 e. The normalized spacial score (nSPS) is 17.7. The molecular weight excluding hydrogens is 478 g/mol. The maximum atomic E-state index is 12.9. The third kappa shape index (κ3) is 8.21. The molecule has 1 atom stereocenters. The predicted octanol–water partition coefficient (Wildman–Crippen LogP) is 2.17. The first-order valence-electron chi connectivity index (χ1n) is 8.60. The number of aliphatic imine (C=N–C) groups is 1. The average molecular weight is 505 g/mol. The summed E-state index contributed by atoms with van der Waals surface area (Å²) in [5.74, 6) is 0.922. The molecule has 0 amide bonds. The van der Waals surface area contributed by atoms with E-state index in [-0.39, 0.29) is 36.1 Å². The van der Waals surface area contributed by atoms with E-state index >= 15 is 0 Å². The molecule has 1 aromatic rings. The molecule has 1 fully saturated rings. The maximum Gasteiger partial charge on any atom is 0.435 e. The summed E-state index contributed by atoms with van der Waals surface area (Å²) in [6, 6.07) is 0. The van der Waals surface area contributed by atoms with Gasteiger partial charge in [-0.25, -0.2) is 0 Å². The Morgan fingerprint density at radius 3 is 2.85 bits per heavy atom. The monoisotopic (exact) mass is 505 g/mol. The first kappa shape index (κ1) is 24.0. The summed E-state index contributed by atoms with van der Waals surface area (Å²) >= 11 is 0. The van der Waals surface area contributed by atoms with Gasteiger partial charge in [-0.2, -0.15) is 18.3 Å². The van der Waals surface area contributed by atoms with Gasteiger partial charge in [0.15, 0.2) is 11.7 Å². The van der Waals surface area contributed by atoms with E-state index in [9.17, 15) is 13.2 Å². The van der Waals surface area contributed by atoms with Crippen LogP contribution >= 0.6 is 24.0 Å². The maximum absolute atomic E-state index is 12.9. The van der Waals surface area contributed by atoms with E-state index in [0.29, 0.717) is 31.6 Å². The fourth-order valence-electron chi connectivity index (χ4n) is 2.65. The van der Waals surface area contributed by atoms with Gasteiger partial charge in [0.2, 0.25) is 0 Å². The molecule has 0 saturated carbocycles. The third-order valence-electron chi connectivity index (χ3n) is 3.98. The minimum Gasteiger partial charge on any atom is -0.381 e. The molecule has 0 aromatic carbocycles. The number of aryl methyl sites for hydroxylation is 1. The molecule has 0 spiro atoms. The number of nitrogens with zero attached hydrogens (tertiary/aromatic N) is 3. The van der Waals surface area contributed by atoms with Crippen LogP contribution in [0, 0.1) is 5.92 Å². The summed E-state index contributed by atoms with van der Waals surface area (Å²) < 4.78 is 50.8. The molecule has 27 heavy (non-hydrogen) atoms.